The van der Waals surface area contributed by atoms with E-state index in [1.165, 1.54) is 14.2 Å². The molecule has 0 heterocycles. The zero-order chi connectivity index (χ0) is 12.8. The lowest BCUT2D eigenvalue weighted by molar-refractivity contribution is -0.140. The molecule has 0 rings (SSSR count). The molecule has 0 aromatic carbocycles. The zero-order valence-electron chi connectivity index (χ0n) is 10.6. The summed E-state index contributed by atoms with van der Waals surface area (Å²) in [6.45, 7) is 5.94. The fourth-order valence-electron chi connectivity index (χ4n) is 1.23. The summed E-state index contributed by atoms with van der Waals surface area (Å²) >= 11 is 0. The number of carbonyl (C=O) groups excluding carboxylic acids is 2. The van der Waals surface area contributed by atoms with E-state index in [1.807, 2.05) is 26.8 Å². The van der Waals surface area contributed by atoms with Crippen LogP contribution in [0.5, 0.6) is 0 Å². The number of hydrogen-bond acceptors (Lipinski definition) is 4. The molecule has 0 radical (unpaired) electrons. The lowest BCUT2D eigenvalue weighted by Gasteiger charge is -2.15. The standard InChI is InChI=1S/C12H20O4/c1-12(2,3)8-9(11(14)16-5)6-7-10(13)15-4/h8H,6-7H2,1-5H3/b9-8+. The lowest BCUT2D eigenvalue weighted by Crippen LogP contribution is -2.12. The number of allylic oxidation sites excluding steroid dienone is 1. The van der Waals surface area contributed by atoms with Crippen LogP contribution in [0, 0.1) is 5.41 Å². The minimum absolute atomic E-state index is 0.125. The van der Waals surface area contributed by atoms with E-state index in [2.05, 4.69) is 9.47 Å². The van der Waals surface area contributed by atoms with Gasteiger partial charge in [0.05, 0.1) is 14.2 Å². The lowest BCUT2D eigenvalue weighted by atomic mass is 9.92. The van der Waals surface area contributed by atoms with Crippen LogP contribution in [0.25, 0.3) is 0 Å². The second-order valence-electron chi connectivity index (χ2n) is 4.60. The van der Waals surface area contributed by atoms with E-state index < -0.39 is 0 Å². The van der Waals surface area contributed by atoms with Crippen molar-refractivity contribution in [3.05, 3.63) is 11.6 Å². The van der Waals surface area contributed by atoms with Crippen LogP contribution in [0.15, 0.2) is 11.6 Å². The Balaban J connectivity index is 4.64. The molecule has 16 heavy (non-hydrogen) atoms. The van der Waals surface area contributed by atoms with E-state index in [0.29, 0.717) is 12.0 Å². The van der Waals surface area contributed by atoms with Gasteiger partial charge in [-0.05, 0) is 11.8 Å². The van der Waals surface area contributed by atoms with Crippen LogP contribution in [-0.4, -0.2) is 26.2 Å². The Morgan fingerprint density at radius 3 is 2.00 bits per heavy atom. The van der Waals surface area contributed by atoms with Gasteiger partial charge < -0.3 is 9.47 Å². The zero-order valence-corrected chi connectivity index (χ0v) is 10.6. The van der Waals surface area contributed by atoms with Gasteiger partial charge in [-0.2, -0.15) is 0 Å². The van der Waals surface area contributed by atoms with Gasteiger partial charge in [-0.25, -0.2) is 4.79 Å². The summed E-state index contributed by atoms with van der Waals surface area (Å²) < 4.78 is 9.19. The van der Waals surface area contributed by atoms with Crippen molar-refractivity contribution in [3.63, 3.8) is 0 Å². The molecule has 0 aromatic heterocycles. The van der Waals surface area contributed by atoms with Crippen LogP contribution >= 0.6 is 0 Å². The Labute approximate surface area is 96.6 Å². The maximum absolute atomic E-state index is 11.4. The van der Waals surface area contributed by atoms with Crippen molar-refractivity contribution in [2.45, 2.75) is 33.6 Å². The number of methoxy groups -OCH3 is 2. The summed E-state index contributed by atoms with van der Waals surface area (Å²) in [5, 5.41) is 0. The summed E-state index contributed by atoms with van der Waals surface area (Å²) in [4.78, 5) is 22.4. The molecular weight excluding hydrogens is 208 g/mol. The summed E-state index contributed by atoms with van der Waals surface area (Å²) in [5.41, 5.74) is 0.389. The number of ether oxygens (including phenoxy) is 2. The first-order valence-electron chi connectivity index (χ1n) is 5.17. The molecule has 0 saturated heterocycles. The quantitative estimate of drug-likeness (QED) is 0.546. The highest BCUT2D eigenvalue weighted by Gasteiger charge is 2.16. The van der Waals surface area contributed by atoms with Crippen LogP contribution in [-0.2, 0) is 19.1 Å². The molecule has 0 saturated carbocycles. The molecule has 0 amide bonds. The van der Waals surface area contributed by atoms with Gasteiger partial charge in [-0.1, -0.05) is 26.8 Å². The van der Waals surface area contributed by atoms with Gasteiger partial charge in [0.2, 0.25) is 0 Å². The highest BCUT2D eigenvalue weighted by atomic mass is 16.5. The van der Waals surface area contributed by atoms with Gasteiger partial charge >= 0.3 is 11.9 Å². The van der Waals surface area contributed by atoms with Crippen molar-refractivity contribution in [2.75, 3.05) is 14.2 Å². The first-order valence-corrected chi connectivity index (χ1v) is 5.17. The molecule has 0 atom stereocenters. The highest BCUT2D eigenvalue weighted by Crippen LogP contribution is 2.20. The third kappa shape index (κ3) is 6.22. The number of rotatable bonds is 4. The van der Waals surface area contributed by atoms with E-state index in [1.54, 1.807) is 0 Å². The van der Waals surface area contributed by atoms with Crippen molar-refractivity contribution in [3.8, 4) is 0 Å². The Hall–Kier alpha value is -1.32. The van der Waals surface area contributed by atoms with E-state index in [-0.39, 0.29) is 23.8 Å². The Bertz CT molecular complexity index is 284. The smallest absolute Gasteiger partial charge is 0.333 e. The minimum Gasteiger partial charge on any atom is -0.469 e. The first kappa shape index (κ1) is 14.7. The normalized spacial score (nSPS) is 12.2. The van der Waals surface area contributed by atoms with Crippen molar-refractivity contribution in [2.24, 2.45) is 5.41 Å². The molecule has 0 aliphatic heterocycles. The average molecular weight is 228 g/mol. The Morgan fingerprint density at radius 2 is 1.62 bits per heavy atom. The van der Waals surface area contributed by atoms with Crippen LogP contribution < -0.4 is 0 Å². The predicted octanol–water partition coefficient (Wildman–Crippen LogP) is 2.09. The summed E-state index contributed by atoms with van der Waals surface area (Å²) in [6, 6.07) is 0. The van der Waals surface area contributed by atoms with Gasteiger partial charge in [0.15, 0.2) is 0 Å². The molecule has 0 spiro atoms. The number of carbonyl (C=O) groups is 2. The van der Waals surface area contributed by atoms with Crippen molar-refractivity contribution < 1.29 is 19.1 Å². The van der Waals surface area contributed by atoms with Crippen LogP contribution in [0.2, 0.25) is 0 Å². The van der Waals surface area contributed by atoms with E-state index >= 15 is 0 Å². The van der Waals surface area contributed by atoms with Crippen molar-refractivity contribution >= 4 is 11.9 Å². The largest absolute Gasteiger partial charge is 0.469 e. The van der Waals surface area contributed by atoms with Gasteiger partial charge in [-0.15, -0.1) is 0 Å². The molecular formula is C12H20O4. The molecule has 0 aromatic rings. The molecule has 4 heteroatoms. The first-order chi connectivity index (χ1) is 7.30. The Morgan fingerprint density at radius 1 is 1.06 bits per heavy atom. The Kier molecular flexibility index (Phi) is 5.78. The van der Waals surface area contributed by atoms with Crippen LogP contribution in [0.1, 0.15) is 33.6 Å². The topological polar surface area (TPSA) is 52.6 Å². The van der Waals surface area contributed by atoms with E-state index in [0.717, 1.165) is 0 Å². The molecule has 0 bridgehead atoms. The van der Waals surface area contributed by atoms with Gasteiger partial charge in [0.1, 0.15) is 0 Å². The molecule has 4 nitrogen and oxygen atoms in total. The third-order valence-corrected chi connectivity index (χ3v) is 1.88. The fourth-order valence-corrected chi connectivity index (χ4v) is 1.23. The molecule has 0 aliphatic carbocycles. The maximum atomic E-state index is 11.4. The second kappa shape index (κ2) is 6.30. The van der Waals surface area contributed by atoms with Gasteiger partial charge in [-0.3, -0.25) is 4.79 Å². The van der Waals surface area contributed by atoms with Crippen LogP contribution in [0.4, 0.5) is 0 Å². The SMILES string of the molecule is COC(=O)CC/C(=C\C(C)(C)C)C(=O)OC. The molecule has 0 N–H and O–H groups in total. The summed E-state index contributed by atoms with van der Waals surface area (Å²) in [6.07, 6.45) is 2.35. The minimum atomic E-state index is -0.390. The number of hydrogen-bond donors (Lipinski definition) is 0. The molecule has 0 unspecified atom stereocenters. The maximum Gasteiger partial charge on any atom is 0.333 e. The molecule has 0 aliphatic rings. The second-order valence-corrected chi connectivity index (χ2v) is 4.60. The van der Waals surface area contributed by atoms with Crippen LogP contribution in [0.3, 0.4) is 0 Å². The van der Waals surface area contributed by atoms with Crippen molar-refractivity contribution in [1.82, 2.24) is 0 Å². The highest BCUT2D eigenvalue weighted by molar-refractivity contribution is 5.89. The number of esters is 2. The van der Waals surface area contributed by atoms with E-state index in [4.69, 9.17) is 0 Å². The fraction of sp³-hybridized carbons (Fsp3) is 0.667. The third-order valence-electron chi connectivity index (χ3n) is 1.88. The summed E-state index contributed by atoms with van der Waals surface area (Å²) in [5.74, 6) is -0.720. The molecule has 92 valence electrons. The monoisotopic (exact) mass is 228 g/mol. The van der Waals surface area contributed by atoms with Gasteiger partial charge in [0, 0.05) is 12.0 Å². The van der Waals surface area contributed by atoms with E-state index in [9.17, 15) is 9.59 Å². The predicted molar refractivity (Wildman–Crippen MR) is 60.8 cm³/mol. The van der Waals surface area contributed by atoms with Gasteiger partial charge in [0.25, 0.3) is 0 Å². The van der Waals surface area contributed by atoms with Crippen molar-refractivity contribution in [1.29, 1.82) is 0 Å². The average Bonchev–Trinajstić information content (AvgIpc) is 2.20. The summed E-state index contributed by atoms with van der Waals surface area (Å²) in [7, 11) is 2.66. The molecule has 0 fully saturated rings.